The van der Waals surface area contributed by atoms with Crippen LogP contribution in [-0.4, -0.2) is 36.0 Å². The van der Waals surface area contributed by atoms with Crippen LogP contribution >= 0.6 is 15.9 Å². The molecule has 6 nitrogen and oxygen atoms in total. The minimum absolute atomic E-state index is 0.0651. The molecule has 0 aromatic heterocycles. The van der Waals surface area contributed by atoms with E-state index >= 15 is 0 Å². The Hall–Kier alpha value is -1.89. The van der Waals surface area contributed by atoms with E-state index in [2.05, 4.69) is 26.6 Å². The summed E-state index contributed by atoms with van der Waals surface area (Å²) >= 11 is 3.29. The van der Waals surface area contributed by atoms with Crippen LogP contribution in [0.3, 0.4) is 0 Å². The maximum atomic E-state index is 11.8. The Morgan fingerprint density at radius 2 is 1.78 bits per heavy atom. The van der Waals surface area contributed by atoms with E-state index < -0.39 is 5.97 Å². The Balaban J connectivity index is 2.10. The van der Waals surface area contributed by atoms with Crippen LogP contribution in [0, 0.1) is 0 Å². The highest BCUT2D eigenvalue weighted by Crippen LogP contribution is 2.11. The third-order valence-electron chi connectivity index (χ3n) is 3.14. The van der Waals surface area contributed by atoms with Gasteiger partial charge in [-0.05, 0) is 31.0 Å². The molecule has 7 heteroatoms. The lowest BCUT2D eigenvalue weighted by Gasteiger charge is -2.07. The third kappa shape index (κ3) is 8.97. The first-order valence-corrected chi connectivity index (χ1v) is 8.30. The third-order valence-corrected chi connectivity index (χ3v) is 3.63. The van der Waals surface area contributed by atoms with Crippen LogP contribution in [0.15, 0.2) is 28.7 Å². The molecule has 0 aliphatic heterocycles. The average molecular weight is 385 g/mol. The van der Waals surface area contributed by atoms with Crippen LogP contribution in [0.1, 0.15) is 42.5 Å². The molecule has 0 fully saturated rings. The van der Waals surface area contributed by atoms with Gasteiger partial charge in [-0.3, -0.25) is 14.4 Å². The Morgan fingerprint density at radius 3 is 2.48 bits per heavy atom. The van der Waals surface area contributed by atoms with Crippen molar-refractivity contribution >= 4 is 33.7 Å². The van der Waals surface area contributed by atoms with E-state index in [-0.39, 0.29) is 24.8 Å². The number of hydrogen-bond acceptors (Lipinski definition) is 3. The molecule has 1 rings (SSSR count). The zero-order chi connectivity index (χ0) is 17.1. The molecular formula is C16H21BrN2O4. The lowest BCUT2D eigenvalue weighted by atomic mass is 10.1. The Morgan fingerprint density at radius 1 is 1.04 bits per heavy atom. The number of carboxylic acids is 1. The van der Waals surface area contributed by atoms with Gasteiger partial charge in [0, 0.05) is 23.0 Å². The molecule has 2 amide bonds. The molecule has 1 aromatic rings. The van der Waals surface area contributed by atoms with Gasteiger partial charge in [0.05, 0.1) is 6.54 Å². The zero-order valence-corrected chi connectivity index (χ0v) is 14.4. The number of amides is 2. The molecule has 0 heterocycles. The van der Waals surface area contributed by atoms with Crippen molar-refractivity contribution in [2.24, 2.45) is 0 Å². The van der Waals surface area contributed by atoms with E-state index in [1.807, 2.05) is 6.07 Å². The van der Waals surface area contributed by atoms with Gasteiger partial charge in [-0.15, -0.1) is 0 Å². The average Bonchev–Trinajstić information content (AvgIpc) is 2.51. The van der Waals surface area contributed by atoms with E-state index in [1.165, 1.54) is 0 Å². The van der Waals surface area contributed by atoms with E-state index in [9.17, 15) is 14.4 Å². The molecule has 0 bridgehead atoms. The van der Waals surface area contributed by atoms with Crippen LogP contribution in [0.5, 0.6) is 0 Å². The molecule has 126 valence electrons. The van der Waals surface area contributed by atoms with Crippen molar-refractivity contribution in [3.05, 3.63) is 34.3 Å². The first-order valence-electron chi connectivity index (χ1n) is 7.51. The molecule has 0 spiro atoms. The van der Waals surface area contributed by atoms with Crippen LogP contribution in [0.4, 0.5) is 0 Å². The topological polar surface area (TPSA) is 95.5 Å². The fourth-order valence-electron chi connectivity index (χ4n) is 1.94. The Bertz CT molecular complexity index is 549. The largest absolute Gasteiger partial charge is 0.481 e. The van der Waals surface area contributed by atoms with Crippen LogP contribution in [-0.2, 0) is 9.59 Å². The second-order valence-electron chi connectivity index (χ2n) is 5.10. The smallest absolute Gasteiger partial charge is 0.303 e. The monoisotopic (exact) mass is 384 g/mol. The summed E-state index contributed by atoms with van der Waals surface area (Å²) in [6, 6.07) is 6.93. The summed E-state index contributed by atoms with van der Waals surface area (Å²) < 4.78 is 0.803. The number of benzene rings is 1. The molecule has 0 radical (unpaired) electrons. The summed E-state index contributed by atoms with van der Waals surface area (Å²) in [5, 5.41) is 13.8. The Labute approximate surface area is 143 Å². The standard InChI is InChI=1S/C16H21BrN2O4/c17-13-7-5-6-12(10-13)16(23)19-11-14(20)18-9-4-2-1-3-8-15(21)22/h5-7,10H,1-4,8-9,11H2,(H,18,20)(H,19,23)(H,21,22). The predicted molar refractivity (Wildman–Crippen MR) is 90.2 cm³/mol. The van der Waals surface area contributed by atoms with Gasteiger partial charge in [-0.1, -0.05) is 34.8 Å². The molecular weight excluding hydrogens is 364 g/mol. The zero-order valence-electron chi connectivity index (χ0n) is 12.8. The first-order chi connectivity index (χ1) is 11.0. The molecule has 0 saturated carbocycles. The van der Waals surface area contributed by atoms with Gasteiger partial charge in [0.1, 0.15) is 0 Å². The summed E-state index contributed by atoms with van der Waals surface area (Å²) in [6.45, 7) is 0.461. The minimum Gasteiger partial charge on any atom is -0.481 e. The van der Waals surface area contributed by atoms with Gasteiger partial charge in [0.15, 0.2) is 0 Å². The maximum Gasteiger partial charge on any atom is 0.303 e. The second kappa shape index (κ2) is 10.8. The van der Waals surface area contributed by atoms with Crippen molar-refractivity contribution in [1.82, 2.24) is 10.6 Å². The van der Waals surface area contributed by atoms with Crippen molar-refractivity contribution < 1.29 is 19.5 Å². The number of hydrogen-bond donors (Lipinski definition) is 3. The number of carboxylic acid groups (broad SMARTS) is 1. The summed E-state index contributed by atoms with van der Waals surface area (Å²) in [5.74, 6) is -1.31. The molecule has 0 aliphatic carbocycles. The van der Waals surface area contributed by atoms with E-state index in [1.54, 1.807) is 18.2 Å². The summed E-state index contributed by atoms with van der Waals surface area (Å²) in [7, 11) is 0. The maximum absolute atomic E-state index is 11.8. The lowest BCUT2D eigenvalue weighted by molar-refractivity contribution is -0.137. The lowest BCUT2D eigenvalue weighted by Crippen LogP contribution is -2.37. The van der Waals surface area contributed by atoms with Crippen LogP contribution in [0.25, 0.3) is 0 Å². The van der Waals surface area contributed by atoms with Crippen molar-refractivity contribution in [2.45, 2.75) is 32.1 Å². The predicted octanol–water partition coefficient (Wildman–Crippen LogP) is 2.33. The number of carbonyl (C=O) groups is 3. The minimum atomic E-state index is -0.778. The fourth-order valence-corrected chi connectivity index (χ4v) is 2.34. The van der Waals surface area contributed by atoms with Gasteiger partial charge >= 0.3 is 5.97 Å². The molecule has 0 unspecified atom stereocenters. The highest BCUT2D eigenvalue weighted by molar-refractivity contribution is 9.10. The van der Waals surface area contributed by atoms with Crippen LogP contribution < -0.4 is 10.6 Å². The van der Waals surface area contributed by atoms with Gasteiger partial charge < -0.3 is 15.7 Å². The van der Waals surface area contributed by atoms with Gasteiger partial charge in [-0.2, -0.15) is 0 Å². The Kier molecular flexibility index (Phi) is 8.97. The first kappa shape index (κ1) is 19.2. The second-order valence-corrected chi connectivity index (χ2v) is 6.02. The summed E-state index contributed by atoms with van der Waals surface area (Å²) in [4.78, 5) is 33.8. The van der Waals surface area contributed by atoms with Crippen molar-refractivity contribution in [3.8, 4) is 0 Å². The number of halogens is 1. The van der Waals surface area contributed by atoms with Crippen LogP contribution in [0.2, 0.25) is 0 Å². The highest BCUT2D eigenvalue weighted by Gasteiger charge is 2.07. The summed E-state index contributed by atoms with van der Waals surface area (Å²) in [5.41, 5.74) is 0.491. The van der Waals surface area contributed by atoms with Crippen molar-refractivity contribution in [2.75, 3.05) is 13.1 Å². The highest BCUT2D eigenvalue weighted by atomic mass is 79.9. The molecule has 3 N–H and O–H groups in total. The number of unbranched alkanes of at least 4 members (excludes halogenated alkanes) is 3. The molecule has 0 aliphatic rings. The van der Waals surface area contributed by atoms with E-state index in [0.29, 0.717) is 18.5 Å². The molecule has 0 atom stereocenters. The van der Waals surface area contributed by atoms with Gasteiger partial charge in [-0.25, -0.2) is 0 Å². The molecule has 1 aromatic carbocycles. The van der Waals surface area contributed by atoms with Crippen molar-refractivity contribution in [3.63, 3.8) is 0 Å². The number of carbonyl (C=O) groups excluding carboxylic acids is 2. The van der Waals surface area contributed by atoms with Gasteiger partial charge in [0.2, 0.25) is 5.91 Å². The summed E-state index contributed by atoms with van der Waals surface area (Å²) in [6.07, 6.45) is 3.35. The normalized spacial score (nSPS) is 10.1. The van der Waals surface area contributed by atoms with E-state index in [4.69, 9.17) is 5.11 Å². The number of rotatable bonds is 10. The molecule has 23 heavy (non-hydrogen) atoms. The quantitative estimate of drug-likeness (QED) is 0.539. The number of aliphatic carboxylic acids is 1. The van der Waals surface area contributed by atoms with Crippen molar-refractivity contribution in [1.29, 1.82) is 0 Å². The van der Waals surface area contributed by atoms with Gasteiger partial charge in [0.25, 0.3) is 5.91 Å². The van der Waals surface area contributed by atoms with E-state index in [0.717, 1.165) is 23.7 Å². The SMILES string of the molecule is O=C(O)CCCCCCNC(=O)CNC(=O)c1cccc(Br)c1. The fraction of sp³-hybridized carbons (Fsp3) is 0.438. The number of nitrogens with one attached hydrogen (secondary N) is 2. The molecule has 0 saturated heterocycles.